The van der Waals surface area contributed by atoms with Crippen LogP contribution in [-0.4, -0.2) is 8.42 Å². The average molecular weight is 359 g/mol. The number of sulfonamides is 1. The van der Waals surface area contributed by atoms with E-state index in [0.29, 0.717) is 10.2 Å². The van der Waals surface area contributed by atoms with Gasteiger partial charge in [-0.2, -0.15) is 0 Å². The lowest BCUT2D eigenvalue weighted by Gasteiger charge is -2.11. The van der Waals surface area contributed by atoms with Gasteiger partial charge in [0.15, 0.2) is 0 Å². The van der Waals surface area contributed by atoms with E-state index in [1.807, 2.05) is 13.0 Å². The number of anilines is 2. The smallest absolute Gasteiger partial charge is 0.264 e. The van der Waals surface area contributed by atoms with Crippen LogP contribution in [0.1, 0.15) is 5.56 Å². The van der Waals surface area contributed by atoms with E-state index in [4.69, 9.17) is 5.73 Å². The molecule has 0 heterocycles. The summed E-state index contributed by atoms with van der Waals surface area (Å²) in [6, 6.07) is 8.63. The molecular formula is C13H12BrFN2O2S. The van der Waals surface area contributed by atoms with Crippen LogP contribution in [0.15, 0.2) is 45.8 Å². The Kier molecular flexibility index (Phi) is 4.01. The second-order valence-corrected chi connectivity index (χ2v) is 6.78. The lowest BCUT2D eigenvalue weighted by atomic mass is 10.2. The van der Waals surface area contributed by atoms with Gasteiger partial charge in [0.05, 0.1) is 5.69 Å². The Morgan fingerprint density at radius 1 is 1.20 bits per heavy atom. The number of aryl methyl sites for hydroxylation is 1. The SMILES string of the molecule is Cc1ccc(Br)c(NS(=O)(=O)c2ccc(N)cc2F)c1. The highest BCUT2D eigenvalue weighted by atomic mass is 79.9. The highest BCUT2D eigenvalue weighted by molar-refractivity contribution is 9.10. The third kappa shape index (κ3) is 3.10. The van der Waals surface area contributed by atoms with Crippen LogP contribution in [0.4, 0.5) is 15.8 Å². The van der Waals surface area contributed by atoms with Crippen LogP contribution >= 0.6 is 15.9 Å². The molecule has 0 aliphatic carbocycles. The molecular weight excluding hydrogens is 347 g/mol. The maximum atomic E-state index is 13.7. The lowest BCUT2D eigenvalue weighted by molar-refractivity contribution is 0.571. The molecule has 0 saturated heterocycles. The Labute approximate surface area is 125 Å². The molecule has 0 aliphatic heterocycles. The van der Waals surface area contributed by atoms with Crippen LogP contribution in [0.5, 0.6) is 0 Å². The minimum absolute atomic E-state index is 0.165. The minimum Gasteiger partial charge on any atom is -0.399 e. The maximum absolute atomic E-state index is 13.7. The maximum Gasteiger partial charge on any atom is 0.264 e. The molecule has 20 heavy (non-hydrogen) atoms. The monoisotopic (exact) mass is 358 g/mol. The first-order chi connectivity index (χ1) is 9.29. The molecule has 0 bridgehead atoms. The van der Waals surface area contributed by atoms with Gasteiger partial charge < -0.3 is 5.73 Å². The molecule has 2 rings (SSSR count). The van der Waals surface area contributed by atoms with Crippen molar-refractivity contribution >= 4 is 37.3 Å². The lowest BCUT2D eigenvalue weighted by Crippen LogP contribution is -2.15. The molecule has 0 unspecified atom stereocenters. The quantitative estimate of drug-likeness (QED) is 0.827. The first-order valence-corrected chi connectivity index (χ1v) is 7.91. The third-order valence-corrected chi connectivity index (χ3v) is 4.70. The fraction of sp³-hybridized carbons (Fsp3) is 0.0769. The van der Waals surface area contributed by atoms with Gasteiger partial charge in [-0.1, -0.05) is 6.07 Å². The predicted octanol–water partition coefficient (Wildman–Crippen LogP) is 3.28. The van der Waals surface area contributed by atoms with Crippen LogP contribution in [0.2, 0.25) is 0 Å². The number of halogens is 2. The van der Waals surface area contributed by atoms with Crippen molar-refractivity contribution in [2.75, 3.05) is 10.5 Å². The number of nitrogens with one attached hydrogen (secondary N) is 1. The van der Waals surface area contributed by atoms with Gasteiger partial charge in [-0.15, -0.1) is 0 Å². The van der Waals surface area contributed by atoms with Gasteiger partial charge in [0.1, 0.15) is 10.7 Å². The summed E-state index contributed by atoms with van der Waals surface area (Å²) in [4.78, 5) is -0.444. The number of rotatable bonds is 3. The summed E-state index contributed by atoms with van der Waals surface area (Å²) >= 11 is 3.25. The summed E-state index contributed by atoms with van der Waals surface area (Å²) in [5.74, 6) is -0.888. The number of nitrogens with two attached hydrogens (primary N) is 1. The van der Waals surface area contributed by atoms with Gasteiger partial charge in [0, 0.05) is 10.2 Å². The molecule has 0 atom stereocenters. The molecule has 0 aliphatic rings. The Morgan fingerprint density at radius 2 is 1.90 bits per heavy atom. The highest BCUT2D eigenvalue weighted by Gasteiger charge is 2.20. The van der Waals surface area contributed by atoms with Crippen molar-refractivity contribution in [1.82, 2.24) is 0 Å². The van der Waals surface area contributed by atoms with Gasteiger partial charge in [-0.3, -0.25) is 4.72 Å². The van der Waals surface area contributed by atoms with Gasteiger partial charge in [-0.05, 0) is 58.7 Å². The minimum atomic E-state index is -4.01. The van der Waals surface area contributed by atoms with Crippen LogP contribution in [0.3, 0.4) is 0 Å². The summed E-state index contributed by atoms with van der Waals surface area (Å²) < 4.78 is 41.0. The second kappa shape index (κ2) is 5.41. The molecule has 2 aromatic carbocycles. The molecule has 0 saturated carbocycles. The van der Waals surface area contributed by atoms with Crippen molar-refractivity contribution in [2.24, 2.45) is 0 Å². The largest absolute Gasteiger partial charge is 0.399 e. The zero-order valence-corrected chi connectivity index (χ0v) is 12.9. The molecule has 106 valence electrons. The Hall–Kier alpha value is -1.60. The van der Waals surface area contributed by atoms with Crippen molar-refractivity contribution in [3.8, 4) is 0 Å². The molecule has 0 spiro atoms. The van der Waals surface area contributed by atoms with Crippen molar-refractivity contribution in [3.05, 3.63) is 52.3 Å². The van der Waals surface area contributed by atoms with Gasteiger partial charge in [0.25, 0.3) is 10.0 Å². The van der Waals surface area contributed by atoms with Gasteiger partial charge in [-0.25, -0.2) is 12.8 Å². The van der Waals surface area contributed by atoms with Crippen LogP contribution < -0.4 is 10.5 Å². The van der Waals surface area contributed by atoms with E-state index >= 15 is 0 Å². The summed E-state index contributed by atoms with van der Waals surface area (Å²) in [7, 11) is -4.01. The van der Waals surface area contributed by atoms with Gasteiger partial charge in [0.2, 0.25) is 0 Å². The predicted molar refractivity (Wildman–Crippen MR) is 80.5 cm³/mol. The van der Waals surface area contributed by atoms with Crippen LogP contribution in [0.25, 0.3) is 0 Å². The number of hydrogen-bond donors (Lipinski definition) is 2. The van der Waals surface area contributed by atoms with E-state index < -0.39 is 20.7 Å². The summed E-state index contributed by atoms with van der Waals surface area (Å²) in [5.41, 5.74) is 6.80. The van der Waals surface area contributed by atoms with Crippen molar-refractivity contribution in [1.29, 1.82) is 0 Å². The molecule has 0 fully saturated rings. The van der Waals surface area contributed by atoms with E-state index in [1.54, 1.807) is 12.1 Å². The molecule has 0 radical (unpaired) electrons. The highest BCUT2D eigenvalue weighted by Crippen LogP contribution is 2.27. The number of benzene rings is 2. The summed E-state index contributed by atoms with van der Waals surface area (Å²) in [6.07, 6.45) is 0. The molecule has 0 amide bonds. The van der Waals surface area contributed by atoms with E-state index in [0.717, 1.165) is 17.7 Å². The Balaban J connectivity index is 2.43. The van der Waals surface area contributed by atoms with Gasteiger partial charge >= 0.3 is 0 Å². The summed E-state index contributed by atoms with van der Waals surface area (Å²) in [5, 5.41) is 0. The Morgan fingerprint density at radius 3 is 2.55 bits per heavy atom. The van der Waals surface area contributed by atoms with Crippen molar-refractivity contribution < 1.29 is 12.8 Å². The molecule has 2 aromatic rings. The van der Waals surface area contributed by atoms with Crippen molar-refractivity contribution in [2.45, 2.75) is 11.8 Å². The van der Waals surface area contributed by atoms with E-state index in [-0.39, 0.29) is 5.69 Å². The zero-order chi connectivity index (χ0) is 14.9. The normalized spacial score (nSPS) is 11.3. The number of hydrogen-bond acceptors (Lipinski definition) is 3. The molecule has 7 heteroatoms. The van der Waals surface area contributed by atoms with E-state index in [9.17, 15) is 12.8 Å². The van der Waals surface area contributed by atoms with Crippen LogP contribution in [-0.2, 0) is 10.0 Å². The van der Waals surface area contributed by atoms with E-state index in [2.05, 4.69) is 20.7 Å². The first kappa shape index (κ1) is 14.8. The average Bonchev–Trinajstić information content (AvgIpc) is 2.33. The van der Waals surface area contributed by atoms with Crippen molar-refractivity contribution in [3.63, 3.8) is 0 Å². The second-order valence-electron chi connectivity index (χ2n) is 4.28. The Bertz CT molecular complexity index is 763. The summed E-state index contributed by atoms with van der Waals surface area (Å²) in [6.45, 7) is 1.83. The zero-order valence-electron chi connectivity index (χ0n) is 10.5. The standard InChI is InChI=1S/C13H12BrFN2O2S/c1-8-2-4-10(14)12(6-8)17-20(18,19)13-5-3-9(16)7-11(13)15/h2-7,17H,16H2,1H3. The third-order valence-electron chi connectivity index (χ3n) is 2.61. The van der Waals surface area contributed by atoms with Crippen LogP contribution in [0, 0.1) is 12.7 Å². The molecule has 4 nitrogen and oxygen atoms in total. The fourth-order valence-electron chi connectivity index (χ4n) is 1.65. The topological polar surface area (TPSA) is 72.2 Å². The first-order valence-electron chi connectivity index (χ1n) is 5.63. The number of nitrogen functional groups attached to an aromatic ring is 1. The molecule has 3 N–H and O–H groups in total. The molecule has 0 aromatic heterocycles. The van der Waals surface area contributed by atoms with E-state index in [1.165, 1.54) is 6.07 Å². The fourth-order valence-corrected chi connectivity index (χ4v) is 3.26.